The quantitative estimate of drug-likeness (QED) is 0.840. The van der Waals surface area contributed by atoms with Crippen LogP contribution in [0.25, 0.3) is 0 Å². The summed E-state index contributed by atoms with van der Waals surface area (Å²) in [5, 5.41) is 9.53. The van der Waals surface area contributed by atoms with Crippen LogP contribution in [0.3, 0.4) is 0 Å². The second-order valence-electron chi connectivity index (χ2n) is 3.94. The number of benzene rings is 1. The van der Waals surface area contributed by atoms with Crippen LogP contribution in [-0.2, 0) is 10.0 Å². The lowest BCUT2D eigenvalue weighted by molar-refractivity contribution is 0.477. The molecule has 1 aromatic rings. The van der Waals surface area contributed by atoms with Crippen molar-refractivity contribution in [2.24, 2.45) is 5.92 Å². The summed E-state index contributed by atoms with van der Waals surface area (Å²) < 4.78 is 26.3. The molecule has 0 aliphatic carbocycles. The van der Waals surface area contributed by atoms with E-state index in [1.165, 1.54) is 12.1 Å². The fraction of sp³-hybridized carbons (Fsp3) is 0.400. The first kappa shape index (κ1) is 13.3. The third kappa shape index (κ3) is 4.02. The Kier molecular flexibility index (Phi) is 4.21. The molecule has 0 aromatic heterocycles. The largest absolute Gasteiger partial charge is 0.506 e. The standard InChI is InChI=1S/C10H14BrNO3S/c1-7(2)6-16(14,15)12-9-4-3-8(11)5-10(9)13/h3-5,7,12-13H,6H2,1-2H3. The van der Waals surface area contributed by atoms with E-state index in [9.17, 15) is 13.5 Å². The molecule has 0 spiro atoms. The molecule has 2 N–H and O–H groups in total. The fourth-order valence-electron chi connectivity index (χ4n) is 1.24. The summed E-state index contributed by atoms with van der Waals surface area (Å²) >= 11 is 3.18. The highest BCUT2D eigenvalue weighted by atomic mass is 79.9. The summed E-state index contributed by atoms with van der Waals surface area (Å²) in [4.78, 5) is 0. The van der Waals surface area contributed by atoms with Gasteiger partial charge in [-0.25, -0.2) is 8.42 Å². The van der Waals surface area contributed by atoms with E-state index >= 15 is 0 Å². The van der Waals surface area contributed by atoms with Crippen molar-refractivity contribution < 1.29 is 13.5 Å². The smallest absolute Gasteiger partial charge is 0.233 e. The monoisotopic (exact) mass is 307 g/mol. The van der Waals surface area contributed by atoms with Crippen molar-refractivity contribution in [1.82, 2.24) is 0 Å². The zero-order valence-corrected chi connectivity index (χ0v) is 11.5. The van der Waals surface area contributed by atoms with Gasteiger partial charge in [0.05, 0.1) is 11.4 Å². The van der Waals surface area contributed by atoms with E-state index in [0.717, 1.165) is 0 Å². The lowest BCUT2D eigenvalue weighted by Gasteiger charge is -2.11. The molecule has 16 heavy (non-hydrogen) atoms. The maximum atomic E-state index is 11.6. The molecule has 0 unspecified atom stereocenters. The van der Waals surface area contributed by atoms with E-state index in [1.807, 2.05) is 13.8 Å². The lowest BCUT2D eigenvalue weighted by atomic mass is 10.3. The van der Waals surface area contributed by atoms with E-state index in [1.54, 1.807) is 6.07 Å². The molecular formula is C10H14BrNO3S. The van der Waals surface area contributed by atoms with Crippen LogP contribution in [0, 0.1) is 5.92 Å². The molecule has 0 fully saturated rings. The Hall–Kier alpha value is -0.750. The van der Waals surface area contributed by atoms with Gasteiger partial charge >= 0.3 is 0 Å². The fourth-order valence-corrected chi connectivity index (χ4v) is 3.06. The molecule has 0 saturated carbocycles. The summed E-state index contributed by atoms with van der Waals surface area (Å²) in [6, 6.07) is 4.61. The Morgan fingerprint density at radius 3 is 2.56 bits per heavy atom. The van der Waals surface area contributed by atoms with E-state index in [2.05, 4.69) is 20.7 Å². The highest BCUT2D eigenvalue weighted by Gasteiger charge is 2.14. The van der Waals surface area contributed by atoms with E-state index in [4.69, 9.17) is 0 Å². The van der Waals surface area contributed by atoms with Crippen LogP contribution in [-0.4, -0.2) is 19.3 Å². The van der Waals surface area contributed by atoms with E-state index in [-0.39, 0.29) is 23.1 Å². The first-order valence-corrected chi connectivity index (χ1v) is 7.23. The van der Waals surface area contributed by atoms with Crippen molar-refractivity contribution in [3.63, 3.8) is 0 Å². The number of sulfonamides is 1. The molecule has 1 aromatic carbocycles. The van der Waals surface area contributed by atoms with Crippen LogP contribution in [0.4, 0.5) is 5.69 Å². The van der Waals surface area contributed by atoms with Crippen molar-refractivity contribution in [3.8, 4) is 5.75 Å². The molecule has 0 radical (unpaired) electrons. The van der Waals surface area contributed by atoms with Crippen LogP contribution >= 0.6 is 15.9 Å². The van der Waals surface area contributed by atoms with Crippen LogP contribution in [0.2, 0.25) is 0 Å². The molecule has 0 aliphatic heterocycles. The van der Waals surface area contributed by atoms with Gasteiger partial charge in [-0.2, -0.15) is 0 Å². The molecule has 0 amide bonds. The number of phenols is 1. The van der Waals surface area contributed by atoms with Crippen LogP contribution < -0.4 is 4.72 Å². The van der Waals surface area contributed by atoms with Gasteiger partial charge in [-0.3, -0.25) is 4.72 Å². The summed E-state index contributed by atoms with van der Waals surface area (Å²) in [5.74, 6) is -0.0283. The van der Waals surface area contributed by atoms with Crippen molar-refractivity contribution in [1.29, 1.82) is 0 Å². The van der Waals surface area contributed by atoms with Crippen molar-refractivity contribution in [3.05, 3.63) is 22.7 Å². The number of anilines is 1. The third-order valence-corrected chi connectivity index (χ3v) is 3.91. The molecule has 4 nitrogen and oxygen atoms in total. The average molecular weight is 308 g/mol. The minimum Gasteiger partial charge on any atom is -0.506 e. The summed E-state index contributed by atoms with van der Waals surface area (Å²) in [6.45, 7) is 3.64. The zero-order valence-electron chi connectivity index (χ0n) is 9.07. The van der Waals surface area contributed by atoms with Gasteiger partial charge in [-0.15, -0.1) is 0 Å². The molecule has 1 rings (SSSR count). The molecule has 0 atom stereocenters. The average Bonchev–Trinajstić information content (AvgIpc) is 2.07. The summed E-state index contributed by atoms with van der Waals surface area (Å²) in [6.07, 6.45) is 0. The van der Waals surface area contributed by atoms with Crippen molar-refractivity contribution in [2.75, 3.05) is 10.5 Å². The third-order valence-electron chi connectivity index (χ3n) is 1.78. The Labute approximate surface area is 104 Å². The molecule has 0 aliphatic rings. The van der Waals surface area contributed by atoms with Crippen LogP contribution in [0.1, 0.15) is 13.8 Å². The molecule has 90 valence electrons. The topological polar surface area (TPSA) is 66.4 Å². The first-order chi connectivity index (χ1) is 7.30. The Balaban J connectivity index is 2.88. The first-order valence-electron chi connectivity index (χ1n) is 4.79. The number of nitrogens with one attached hydrogen (secondary N) is 1. The molecular weight excluding hydrogens is 294 g/mol. The van der Waals surface area contributed by atoms with Crippen molar-refractivity contribution in [2.45, 2.75) is 13.8 Å². The highest BCUT2D eigenvalue weighted by molar-refractivity contribution is 9.10. The normalized spacial score (nSPS) is 11.8. The number of hydrogen-bond acceptors (Lipinski definition) is 3. The number of phenolic OH excluding ortho intramolecular Hbond substituents is 1. The van der Waals surface area contributed by atoms with Gasteiger partial charge in [0.1, 0.15) is 5.75 Å². The molecule has 0 bridgehead atoms. The van der Waals surface area contributed by atoms with Gasteiger partial charge in [0.15, 0.2) is 0 Å². The van der Waals surface area contributed by atoms with Gasteiger partial charge in [0.25, 0.3) is 0 Å². The highest BCUT2D eigenvalue weighted by Crippen LogP contribution is 2.27. The second-order valence-corrected chi connectivity index (χ2v) is 6.62. The molecule has 6 heteroatoms. The predicted octanol–water partition coefficient (Wildman–Crippen LogP) is 2.55. The lowest BCUT2D eigenvalue weighted by Crippen LogP contribution is -2.20. The zero-order chi connectivity index (χ0) is 12.3. The van der Waals surface area contributed by atoms with Gasteiger partial charge in [-0.05, 0) is 24.1 Å². The number of rotatable bonds is 4. The van der Waals surface area contributed by atoms with Gasteiger partial charge < -0.3 is 5.11 Å². The second kappa shape index (κ2) is 5.05. The summed E-state index contributed by atoms with van der Waals surface area (Å²) in [7, 11) is -3.39. The Morgan fingerprint density at radius 1 is 1.44 bits per heavy atom. The van der Waals surface area contributed by atoms with Crippen LogP contribution in [0.15, 0.2) is 22.7 Å². The predicted molar refractivity (Wildman–Crippen MR) is 68.1 cm³/mol. The number of aromatic hydroxyl groups is 1. The minimum absolute atomic E-state index is 0.0303. The van der Waals surface area contributed by atoms with Crippen LogP contribution in [0.5, 0.6) is 5.75 Å². The summed E-state index contributed by atoms with van der Waals surface area (Å²) in [5.41, 5.74) is 0.198. The number of halogens is 1. The van der Waals surface area contributed by atoms with Gasteiger partial charge in [0.2, 0.25) is 10.0 Å². The number of hydrogen-bond donors (Lipinski definition) is 2. The van der Waals surface area contributed by atoms with Gasteiger partial charge in [-0.1, -0.05) is 29.8 Å². The minimum atomic E-state index is -3.39. The maximum absolute atomic E-state index is 11.6. The van der Waals surface area contributed by atoms with E-state index in [0.29, 0.717) is 4.47 Å². The molecule has 0 heterocycles. The van der Waals surface area contributed by atoms with Gasteiger partial charge in [0, 0.05) is 4.47 Å². The SMILES string of the molecule is CC(C)CS(=O)(=O)Nc1ccc(Br)cc1O. The maximum Gasteiger partial charge on any atom is 0.233 e. The Morgan fingerprint density at radius 2 is 2.06 bits per heavy atom. The van der Waals surface area contributed by atoms with E-state index < -0.39 is 10.0 Å². The Bertz CT molecular complexity index is 471. The molecule has 0 saturated heterocycles. The van der Waals surface area contributed by atoms with Crippen molar-refractivity contribution >= 4 is 31.6 Å².